The minimum absolute atomic E-state index is 0.455. The topological polar surface area (TPSA) is 74.4 Å². The third kappa shape index (κ3) is 7.74. The van der Waals surface area contributed by atoms with Crippen molar-refractivity contribution >= 4 is 30.3 Å². The van der Waals surface area contributed by atoms with E-state index >= 15 is 0 Å². The van der Waals surface area contributed by atoms with Crippen LogP contribution in [0.15, 0.2) is 97.2 Å². The first-order valence-electron chi connectivity index (χ1n) is 13.0. The van der Waals surface area contributed by atoms with Crippen LogP contribution in [0.4, 0.5) is 5.69 Å². The van der Waals surface area contributed by atoms with Crippen LogP contribution < -0.4 is 15.8 Å². The van der Waals surface area contributed by atoms with Crippen LogP contribution >= 0.6 is 0 Å². The standard InChI is InChI=1S/C32H39BN4O/c1-5-28(24-11-7-6-8-12-24)31(26-15-18-30(34)29(22-26)32(33)35)25-13-16-27(17-14-25)38-21-20-36-19-9-10-23(2)37(3)4/h6-18,22,35-36H,2,5,19-21,33-34H2,1,3-4H3/b10-9+,31-28+,35-32?. The number of hydrogen-bond donors (Lipinski definition) is 3. The van der Waals surface area contributed by atoms with Crippen molar-refractivity contribution in [3.63, 3.8) is 0 Å². The van der Waals surface area contributed by atoms with E-state index in [0.29, 0.717) is 17.9 Å². The summed E-state index contributed by atoms with van der Waals surface area (Å²) in [5, 5.41) is 11.5. The first kappa shape index (κ1) is 28.5. The van der Waals surface area contributed by atoms with Gasteiger partial charge in [0.25, 0.3) is 0 Å². The Hall–Kier alpha value is -4.03. The Morgan fingerprint density at radius 1 is 1.03 bits per heavy atom. The fraction of sp³-hybridized carbons (Fsp3) is 0.219. The molecule has 0 atom stereocenters. The third-order valence-corrected chi connectivity index (χ3v) is 6.36. The predicted octanol–water partition coefficient (Wildman–Crippen LogP) is 5.20. The maximum absolute atomic E-state index is 8.19. The molecule has 0 heterocycles. The van der Waals surface area contributed by atoms with Crippen molar-refractivity contribution in [3.05, 3.63) is 119 Å². The molecule has 0 radical (unpaired) electrons. The number of nitrogen functional groups attached to an aromatic ring is 1. The molecule has 0 aromatic heterocycles. The molecule has 6 heteroatoms. The summed E-state index contributed by atoms with van der Waals surface area (Å²) in [7, 11) is 5.73. The van der Waals surface area contributed by atoms with Crippen molar-refractivity contribution in [2.24, 2.45) is 0 Å². The van der Waals surface area contributed by atoms with Crippen LogP contribution in [0.5, 0.6) is 5.75 Å². The number of hydrogen-bond acceptors (Lipinski definition) is 5. The van der Waals surface area contributed by atoms with Gasteiger partial charge in [0.2, 0.25) is 0 Å². The van der Waals surface area contributed by atoms with Gasteiger partial charge in [0.1, 0.15) is 12.4 Å². The summed E-state index contributed by atoms with van der Waals surface area (Å²) in [6.07, 6.45) is 4.93. The average molecular weight is 507 g/mol. The van der Waals surface area contributed by atoms with E-state index in [4.69, 9.17) is 15.9 Å². The molecule has 0 aliphatic heterocycles. The molecule has 0 bridgehead atoms. The van der Waals surface area contributed by atoms with E-state index in [1.807, 2.05) is 61.5 Å². The lowest BCUT2D eigenvalue weighted by Gasteiger charge is -2.18. The molecule has 3 aromatic rings. The van der Waals surface area contributed by atoms with Gasteiger partial charge in [0, 0.05) is 44.1 Å². The highest BCUT2D eigenvalue weighted by Gasteiger charge is 2.15. The number of nitrogens with two attached hydrogens (primary N) is 1. The van der Waals surface area contributed by atoms with Gasteiger partial charge in [-0.15, -0.1) is 0 Å². The molecule has 0 aliphatic rings. The molecule has 3 rings (SSSR count). The summed E-state index contributed by atoms with van der Waals surface area (Å²) in [5.74, 6) is 0.831. The SMILES string of the molecule is BC(=N)c1cc(/C(=C(\CC)c2ccccc2)c2ccc(OCCNC/C=C/C(=C)N(C)C)cc2)ccc1N. The van der Waals surface area contributed by atoms with Gasteiger partial charge in [-0.2, -0.15) is 0 Å². The Morgan fingerprint density at radius 2 is 1.71 bits per heavy atom. The summed E-state index contributed by atoms with van der Waals surface area (Å²) in [4.78, 5) is 1.98. The van der Waals surface area contributed by atoms with Crippen LogP contribution in [-0.2, 0) is 0 Å². The molecule has 5 nitrogen and oxygen atoms in total. The summed E-state index contributed by atoms with van der Waals surface area (Å²) < 4.78 is 5.98. The Kier molecular flexibility index (Phi) is 10.6. The molecule has 0 spiro atoms. The second-order valence-electron chi connectivity index (χ2n) is 9.37. The number of nitrogens with one attached hydrogen (secondary N) is 2. The van der Waals surface area contributed by atoms with E-state index in [-0.39, 0.29) is 0 Å². The number of rotatable bonds is 13. The zero-order chi connectivity index (χ0) is 27.5. The Bertz CT molecular complexity index is 1290. The van der Waals surface area contributed by atoms with Crippen LogP contribution in [0.2, 0.25) is 0 Å². The largest absolute Gasteiger partial charge is 0.492 e. The zero-order valence-corrected chi connectivity index (χ0v) is 23.1. The van der Waals surface area contributed by atoms with Gasteiger partial charge in [-0.1, -0.05) is 68.1 Å². The first-order valence-corrected chi connectivity index (χ1v) is 13.0. The maximum Gasteiger partial charge on any atom is 0.163 e. The Morgan fingerprint density at radius 3 is 2.34 bits per heavy atom. The maximum atomic E-state index is 8.19. The fourth-order valence-corrected chi connectivity index (χ4v) is 4.20. The lowest BCUT2D eigenvalue weighted by atomic mass is 9.85. The lowest BCUT2D eigenvalue weighted by molar-refractivity contribution is 0.316. The normalized spacial score (nSPS) is 11.8. The molecule has 38 heavy (non-hydrogen) atoms. The summed E-state index contributed by atoms with van der Waals surface area (Å²) >= 11 is 0. The van der Waals surface area contributed by atoms with Crippen molar-refractivity contribution < 1.29 is 4.74 Å². The number of allylic oxidation sites excluding steroid dienone is 2. The van der Waals surface area contributed by atoms with Crippen LogP contribution in [0, 0.1) is 5.41 Å². The Labute approximate surface area is 228 Å². The Balaban J connectivity index is 1.81. The average Bonchev–Trinajstić information content (AvgIpc) is 2.92. The minimum Gasteiger partial charge on any atom is -0.492 e. The van der Waals surface area contributed by atoms with E-state index in [0.717, 1.165) is 53.2 Å². The molecule has 0 fully saturated rings. The van der Waals surface area contributed by atoms with Gasteiger partial charge in [-0.05, 0) is 70.2 Å². The van der Waals surface area contributed by atoms with Crippen molar-refractivity contribution in [3.8, 4) is 5.75 Å². The van der Waals surface area contributed by atoms with E-state index in [2.05, 4.69) is 61.3 Å². The van der Waals surface area contributed by atoms with Crippen molar-refractivity contribution in [1.29, 1.82) is 5.41 Å². The summed E-state index contributed by atoms with van der Waals surface area (Å²) in [6, 6.07) is 24.7. The molecule has 0 saturated heterocycles. The van der Waals surface area contributed by atoms with E-state index in [9.17, 15) is 0 Å². The minimum atomic E-state index is 0.455. The highest BCUT2D eigenvalue weighted by molar-refractivity contribution is 6.64. The van der Waals surface area contributed by atoms with Crippen molar-refractivity contribution in [2.45, 2.75) is 13.3 Å². The van der Waals surface area contributed by atoms with Gasteiger partial charge >= 0.3 is 0 Å². The molecule has 0 unspecified atom stereocenters. The number of ether oxygens (including phenoxy) is 1. The van der Waals surface area contributed by atoms with Crippen molar-refractivity contribution in [1.82, 2.24) is 10.2 Å². The van der Waals surface area contributed by atoms with Crippen LogP contribution in [0.3, 0.4) is 0 Å². The highest BCUT2D eigenvalue weighted by Crippen LogP contribution is 2.36. The van der Waals surface area contributed by atoms with Crippen molar-refractivity contribution in [2.75, 3.05) is 39.5 Å². The van der Waals surface area contributed by atoms with Gasteiger partial charge in [0.15, 0.2) is 7.85 Å². The molecule has 196 valence electrons. The number of likely N-dealkylation sites (N-methyl/N-ethyl adjacent to an activating group) is 1. The van der Waals surface area contributed by atoms with Crippen LogP contribution in [0.25, 0.3) is 11.1 Å². The van der Waals surface area contributed by atoms with E-state index in [1.54, 1.807) is 7.85 Å². The fourth-order valence-electron chi connectivity index (χ4n) is 4.20. The van der Waals surface area contributed by atoms with Gasteiger partial charge in [-0.25, -0.2) is 0 Å². The summed E-state index contributed by atoms with van der Waals surface area (Å²) in [5.41, 5.74) is 14.7. The highest BCUT2D eigenvalue weighted by atomic mass is 16.5. The quantitative estimate of drug-likeness (QED) is 0.0745. The molecular formula is C32H39BN4O. The number of nitrogens with zero attached hydrogens (tertiary/aromatic N) is 1. The summed E-state index contributed by atoms with van der Waals surface area (Å²) in [6.45, 7) is 8.25. The molecule has 4 N–H and O–H groups in total. The van der Waals surface area contributed by atoms with Gasteiger partial charge in [0.05, 0.1) is 0 Å². The molecule has 0 amide bonds. The molecular weight excluding hydrogens is 467 g/mol. The lowest BCUT2D eigenvalue weighted by Crippen LogP contribution is -2.21. The predicted molar refractivity (Wildman–Crippen MR) is 166 cm³/mol. The van der Waals surface area contributed by atoms with Crippen LogP contribution in [0.1, 0.15) is 35.6 Å². The smallest absolute Gasteiger partial charge is 0.163 e. The molecule has 0 saturated carbocycles. The monoisotopic (exact) mass is 506 g/mol. The third-order valence-electron chi connectivity index (χ3n) is 6.36. The molecule has 0 aliphatic carbocycles. The first-order chi connectivity index (χ1) is 18.3. The van der Waals surface area contributed by atoms with Gasteiger partial charge in [-0.3, -0.25) is 0 Å². The van der Waals surface area contributed by atoms with E-state index in [1.165, 1.54) is 11.1 Å². The second-order valence-corrected chi connectivity index (χ2v) is 9.37. The number of benzene rings is 3. The van der Waals surface area contributed by atoms with Crippen LogP contribution in [-0.4, -0.2) is 52.1 Å². The zero-order valence-electron chi connectivity index (χ0n) is 23.1. The van der Waals surface area contributed by atoms with E-state index < -0.39 is 0 Å². The molecule has 3 aromatic carbocycles. The number of anilines is 1. The van der Waals surface area contributed by atoms with Gasteiger partial charge < -0.3 is 26.1 Å². The second kappa shape index (κ2) is 14.1.